The number of hydrogen-bond acceptors (Lipinski definition) is 3. The third-order valence-electron chi connectivity index (χ3n) is 3.27. The molecule has 104 valence electrons. The summed E-state index contributed by atoms with van der Waals surface area (Å²) in [5, 5.41) is 2.92. The summed E-state index contributed by atoms with van der Waals surface area (Å²) in [4.78, 5) is 27.7. The van der Waals surface area contributed by atoms with Crippen LogP contribution < -0.4 is 11.1 Å². The summed E-state index contributed by atoms with van der Waals surface area (Å²) < 4.78 is 0. The van der Waals surface area contributed by atoms with Gasteiger partial charge in [0.05, 0.1) is 10.6 Å². The number of nitrogens with one attached hydrogen (secondary N) is 1. The smallest absolute Gasteiger partial charge is 0.255 e. The van der Waals surface area contributed by atoms with Gasteiger partial charge in [-0.25, -0.2) is 0 Å². The van der Waals surface area contributed by atoms with E-state index in [2.05, 4.69) is 10.3 Å². The SMILES string of the molecule is Cc1cc(Cl)c(C(=O)NC(C)(C(N)=O)C(C)C)cn1. The number of hydrogen-bond donors (Lipinski definition) is 2. The minimum absolute atomic E-state index is 0.147. The van der Waals surface area contributed by atoms with E-state index in [-0.39, 0.29) is 11.5 Å². The van der Waals surface area contributed by atoms with Crippen LogP contribution in [0.4, 0.5) is 0 Å². The van der Waals surface area contributed by atoms with Crippen molar-refractivity contribution in [3.63, 3.8) is 0 Å². The number of halogens is 1. The number of aromatic nitrogens is 1. The van der Waals surface area contributed by atoms with Crippen LogP contribution in [-0.4, -0.2) is 22.3 Å². The highest BCUT2D eigenvalue weighted by atomic mass is 35.5. The van der Waals surface area contributed by atoms with Gasteiger partial charge in [-0.3, -0.25) is 14.6 Å². The van der Waals surface area contributed by atoms with E-state index in [0.29, 0.717) is 10.7 Å². The zero-order valence-electron chi connectivity index (χ0n) is 11.5. The highest BCUT2D eigenvalue weighted by molar-refractivity contribution is 6.33. The second kappa shape index (κ2) is 5.57. The summed E-state index contributed by atoms with van der Waals surface area (Å²) in [6.07, 6.45) is 1.38. The van der Waals surface area contributed by atoms with Gasteiger partial charge in [0, 0.05) is 11.9 Å². The van der Waals surface area contributed by atoms with Crippen molar-refractivity contribution in [3.05, 3.63) is 28.5 Å². The molecule has 1 heterocycles. The van der Waals surface area contributed by atoms with Gasteiger partial charge in [0.1, 0.15) is 5.54 Å². The summed E-state index contributed by atoms with van der Waals surface area (Å²) >= 11 is 6.00. The largest absolute Gasteiger partial charge is 0.368 e. The molecule has 1 atom stereocenters. The molecule has 1 unspecified atom stereocenters. The Morgan fingerprint density at radius 2 is 2.05 bits per heavy atom. The minimum Gasteiger partial charge on any atom is -0.368 e. The summed E-state index contributed by atoms with van der Waals surface area (Å²) in [7, 11) is 0. The number of primary amides is 1. The summed E-state index contributed by atoms with van der Waals surface area (Å²) in [6.45, 7) is 6.97. The van der Waals surface area contributed by atoms with Crippen molar-refractivity contribution in [2.75, 3.05) is 0 Å². The molecule has 0 aromatic carbocycles. The average Bonchev–Trinajstić information content (AvgIpc) is 2.27. The molecule has 6 heteroatoms. The molecule has 19 heavy (non-hydrogen) atoms. The highest BCUT2D eigenvalue weighted by Crippen LogP contribution is 2.20. The van der Waals surface area contributed by atoms with Crippen molar-refractivity contribution in [1.82, 2.24) is 10.3 Å². The van der Waals surface area contributed by atoms with Crippen LogP contribution in [0.15, 0.2) is 12.3 Å². The molecule has 0 bridgehead atoms. The Bertz CT molecular complexity index is 517. The van der Waals surface area contributed by atoms with Gasteiger partial charge in [0.15, 0.2) is 0 Å². The number of nitrogens with two attached hydrogens (primary N) is 1. The van der Waals surface area contributed by atoms with Crippen LogP contribution in [0.5, 0.6) is 0 Å². The lowest BCUT2D eigenvalue weighted by Crippen LogP contribution is -2.58. The molecule has 0 saturated heterocycles. The fourth-order valence-corrected chi connectivity index (χ4v) is 1.78. The van der Waals surface area contributed by atoms with Gasteiger partial charge in [-0.15, -0.1) is 0 Å². The number of pyridine rings is 1. The van der Waals surface area contributed by atoms with Crippen LogP contribution in [0.25, 0.3) is 0 Å². The summed E-state index contributed by atoms with van der Waals surface area (Å²) in [5.74, 6) is -1.20. The Kier molecular flexibility index (Phi) is 4.52. The van der Waals surface area contributed by atoms with Gasteiger partial charge in [0.25, 0.3) is 5.91 Å². The van der Waals surface area contributed by atoms with Crippen LogP contribution in [0.3, 0.4) is 0 Å². The third kappa shape index (κ3) is 3.23. The van der Waals surface area contributed by atoms with Crippen LogP contribution in [0.1, 0.15) is 36.8 Å². The van der Waals surface area contributed by atoms with E-state index < -0.39 is 17.4 Å². The first-order valence-electron chi connectivity index (χ1n) is 5.93. The normalized spacial score (nSPS) is 14.0. The topological polar surface area (TPSA) is 85.1 Å². The molecule has 0 aliphatic rings. The lowest BCUT2D eigenvalue weighted by molar-refractivity contribution is -0.125. The Morgan fingerprint density at radius 3 is 2.47 bits per heavy atom. The zero-order valence-corrected chi connectivity index (χ0v) is 12.2. The van der Waals surface area contributed by atoms with E-state index in [9.17, 15) is 9.59 Å². The average molecular weight is 284 g/mol. The molecule has 0 fully saturated rings. The lowest BCUT2D eigenvalue weighted by atomic mass is 9.87. The monoisotopic (exact) mass is 283 g/mol. The quantitative estimate of drug-likeness (QED) is 0.881. The summed E-state index contributed by atoms with van der Waals surface area (Å²) in [5.41, 5.74) is 5.16. The van der Waals surface area contributed by atoms with Crippen LogP contribution >= 0.6 is 11.6 Å². The Balaban J connectivity index is 3.04. The van der Waals surface area contributed by atoms with Crippen molar-refractivity contribution in [2.45, 2.75) is 33.2 Å². The standard InChI is InChI=1S/C13H18ClN3O2/c1-7(2)13(4,12(15)19)17-11(18)9-6-16-8(3)5-10(9)14/h5-7H,1-4H3,(H2,15,19)(H,17,18). The first-order valence-corrected chi connectivity index (χ1v) is 6.31. The van der Waals surface area contributed by atoms with E-state index >= 15 is 0 Å². The highest BCUT2D eigenvalue weighted by Gasteiger charge is 2.36. The molecule has 0 aliphatic heterocycles. The molecule has 3 N–H and O–H groups in total. The number of carbonyl (C=O) groups excluding carboxylic acids is 2. The van der Waals surface area contributed by atoms with Gasteiger partial charge in [0.2, 0.25) is 5.91 Å². The van der Waals surface area contributed by atoms with Crippen LogP contribution in [0, 0.1) is 12.8 Å². The number of amides is 2. The predicted octanol–water partition coefficient (Wildman–Crippen LogP) is 1.67. The van der Waals surface area contributed by atoms with Gasteiger partial charge < -0.3 is 11.1 Å². The molecule has 5 nitrogen and oxygen atoms in total. The summed E-state index contributed by atoms with van der Waals surface area (Å²) in [6, 6.07) is 1.59. The van der Waals surface area contributed by atoms with Crippen molar-refractivity contribution in [3.8, 4) is 0 Å². The molecule has 1 rings (SSSR count). The Morgan fingerprint density at radius 1 is 1.47 bits per heavy atom. The first-order chi connectivity index (χ1) is 8.68. The maximum Gasteiger partial charge on any atom is 0.255 e. The van der Waals surface area contributed by atoms with Crippen molar-refractivity contribution in [2.24, 2.45) is 11.7 Å². The zero-order chi connectivity index (χ0) is 14.8. The molecular formula is C13H18ClN3O2. The second-order valence-electron chi connectivity index (χ2n) is 4.98. The van der Waals surface area contributed by atoms with Gasteiger partial charge >= 0.3 is 0 Å². The number of rotatable bonds is 4. The second-order valence-corrected chi connectivity index (χ2v) is 5.39. The maximum absolute atomic E-state index is 12.2. The van der Waals surface area contributed by atoms with Crippen molar-refractivity contribution in [1.29, 1.82) is 0 Å². The van der Waals surface area contributed by atoms with Gasteiger partial charge in [-0.1, -0.05) is 25.4 Å². The maximum atomic E-state index is 12.2. The molecule has 0 saturated carbocycles. The fourth-order valence-electron chi connectivity index (χ4n) is 1.49. The predicted molar refractivity (Wildman–Crippen MR) is 73.9 cm³/mol. The third-order valence-corrected chi connectivity index (χ3v) is 3.59. The van der Waals surface area contributed by atoms with Gasteiger partial charge in [-0.2, -0.15) is 0 Å². The molecule has 1 aromatic heterocycles. The van der Waals surface area contributed by atoms with Crippen LogP contribution in [-0.2, 0) is 4.79 Å². The molecule has 0 spiro atoms. The molecule has 0 radical (unpaired) electrons. The minimum atomic E-state index is -1.13. The van der Waals surface area contributed by atoms with E-state index in [0.717, 1.165) is 0 Å². The molecule has 0 aliphatic carbocycles. The van der Waals surface area contributed by atoms with E-state index in [1.165, 1.54) is 6.20 Å². The van der Waals surface area contributed by atoms with E-state index in [1.54, 1.807) is 33.8 Å². The van der Waals surface area contributed by atoms with Gasteiger partial charge in [-0.05, 0) is 25.8 Å². The molecule has 2 amide bonds. The first kappa shape index (κ1) is 15.4. The Hall–Kier alpha value is -1.62. The van der Waals surface area contributed by atoms with E-state index in [4.69, 9.17) is 17.3 Å². The van der Waals surface area contributed by atoms with Crippen molar-refractivity contribution >= 4 is 23.4 Å². The number of aryl methyl sites for hydroxylation is 1. The Labute approximate surface area is 117 Å². The number of carbonyl (C=O) groups is 2. The molecular weight excluding hydrogens is 266 g/mol. The lowest BCUT2D eigenvalue weighted by Gasteiger charge is -2.31. The fraction of sp³-hybridized carbons (Fsp3) is 0.462. The van der Waals surface area contributed by atoms with Crippen LogP contribution in [0.2, 0.25) is 5.02 Å². The van der Waals surface area contributed by atoms with Crippen molar-refractivity contribution < 1.29 is 9.59 Å². The number of nitrogens with zero attached hydrogens (tertiary/aromatic N) is 1. The molecule has 1 aromatic rings. The van der Waals surface area contributed by atoms with E-state index in [1.807, 2.05) is 0 Å².